The Morgan fingerprint density at radius 1 is 1.08 bits per heavy atom. The van der Waals surface area contributed by atoms with E-state index in [1.807, 2.05) is 5.92 Å². The van der Waals surface area contributed by atoms with E-state index in [9.17, 15) is 13.2 Å². The highest BCUT2D eigenvalue weighted by Crippen LogP contribution is 2.14. The summed E-state index contributed by atoms with van der Waals surface area (Å²) in [7, 11) is 0. The van der Waals surface area contributed by atoms with Crippen molar-refractivity contribution in [3.8, 4) is 17.9 Å². The fourth-order valence-electron chi connectivity index (χ4n) is 0.732. The average molecular weight is 181 g/mol. The molecule has 0 heterocycles. The summed E-state index contributed by atoms with van der Waals surface area (Å²) in [6, 6.07) is 2.78. The normalized spacial score (nSPS) is 8.46. The lowest BCUT2D eigenvalue weighted by molar-refractivity contribution is 0.491. The zero-order valence-electron chi connectivity index (χ0n) is 6.24. The Labute approximate surface area is 72.4 Å². The minimum atomic E-state index is -1.37. The first-order valence-corrected chi connectivity index (χ1v) is 3.20. The topological polar surface area (TPSA) is 23.8 Å². The summed E-state index contributed by atoms with van der Waals surface area (Å²) in [6.45, 7) is 0. The third kappa shape index (κ3) is 1.80. The molecule has 1 aromatic carbocycles. The molecule has 0 amide bonds. The van der Waals surface area contributed by atoms with E-state index >= 15 is 0 Å². The van der Waals surface area contributed by atoms with E-state index in [1.54, 1.807) is 5.92 Å². The predicted octanol–water partition coefficient (Wildman–Crippen LogP) is 1.98. The SMILES string of the molecule is N#CC#Cc1c(F)ccc(F)c1F. The molecule has 0 aliphatic carbocycles. The molecule has 0 aromatic heterocycles. The first-order chi connectivity index (χ1) is 6.16. The van der Waals surface area contributed by atoms with Gasteiger partial charge in [0.2, 0.25) is 0 Å². The summed E-state index contributed by atoms with van der Waals surface area (Å²) < 4.78 is 38.0. The van der Waals surface area contributed by atoms with Crippen molar-refractivity contribution in [2.45, 2.75) is 0 Å². The quantitative estimate of drug-likeness (QED) is 0.443. The van der Waals surface area contributed by atoms with Crippen molar-refractivity contribution < 1.29 is 13.2 Å². The van der Waals surface area contributed by atoms with E-state index in [-0.39, 0.29) is 0 Å². The van der Waals surface area contributed by atoms with E-state index in [2.05, 4.69) is 0 Å². The van der Waals surface area contributed by atoms with Crippen molar-refractivity contribution in [1.82, 2.24) is 0 Å². The van der Waals surface area contributed by atoms with Gasteiger partial charge in [0.1, 0.15) is 11.4 Å². The first kappa shape index (κ1) is 9.15. The first-order valence-electron chi connectivity index (χ1n) is 3.20. The fraction of sp³-hybridized carbons (Fsp3) is 0. The van der Waals surface area contributed by atoms with Gasteiger partial charge in [-0.1, -0.05) is 0 Å². The van der Waals surface area contributed by atoms with E-state index in [4.69, 9.17) is 5.26 Å². The number of halogens is 3. The molecule has 0 saturated carbocycles. The molecule has 0 aliphatic heterocycles. The molecule has 0 atom stereocenters. The lowest BCUT2D eigenvalue weighted by Crippen LogP contribution is -1.93. The summed E-state index contributed by atoms with van der Waals surface area (Å²) in [6.07, 6.45) is 0. The van der Waals surface area contributed by atoms with Crippen LogP contribution in [0.4, 0.5) is 13.2 Å². The summed E-state index contributed by atoms with van der Waals surface area (Å²) in [4.78, 5) is 0. The molecule has 0 radical (unpaired) electrons. The largest absolute Gasteiger partial charge is 0.206 e. The fourth-order valence-corrected chi connectivity index (χ4v) is 0.732. The number of nitrogens with zero attached hydrogens (tertiary/aromatic N) is 1. The van der Waals surface area contributed by atoms with Gasteiger partial charge in [-0.2, -0.15) is 5.26 Å². The second-order valence-corrected chi connectivity index (χ2v) is 2.08. The predicted molar refractivity (Wildman–Crippen MR) is 38.8 cm³/mol. The molecule has 0 unspecified atom stereocenters. The van der Waals surface area contributed by atoms with Crippen LogP contribution in [0, 0.1) is 40.6 Å². The van der Waals surface area contributed by atoms with Crippen LogP contribution in [0.5, 0.6) is 0 Å². The molecule has 0 spiro atoms. The third-order valence-corrected chi connectivity index (χ3v) is 1.29. The molecule has 0 saturated heterocycles. The van der Waals surface area contributed by atoms with Crippen LogP contribution in [0.25, 0.3) is 0 Å². The molecular weight excluding hydrogens is 179 g/mol. The summed E-state index contributed by atoms with van der Waals surface area (Å²) in [5.41, 5.74) is -0.721. The van der Waals surface area contributed by atoms with Crippen LogP contribution in [0.15, 0.2) is 12.1 Å². The Balaban J connectivity index is 3.36. The van der Waals surface area contributed by atoms with Crippen molar-refractivity contribution in [3.63, 3.8) is 0 Å². The number of hydrogen-bond acceptors (Lipinski definition) is 1. The van der Waals surface area contributed by atoms with Crippen molar-refractivity contribution in [1.29, 1.82) is 5.26 Å². The highest BCUT2D eigenvalue weighted by atomic mass is 19.2. The van der Waals surface area contributed by atoms with Crippen molar-refractivity contribution in [2.75, 3.05) is 0 Å². The zero-order valence-corrected chi connectivity index (χ0v) is 6.24. The monoisotopic (exact) mass is 181 g/mol. The number of rotatable bonds is 0. The van der Waals surface area contributed by atoms with Gasteiger partial charge in [-0.15, -0.1) is 0 Å². The Morgan fingerprint density at radius 3 is 2.31 bits per heavy atom. The smallest absolute Gasteiger partial charge is 0.177 e. The minimum Gasteiger partial charge on any atom is -0.206 e. The van der Waals surface area contributed by atoms with Gasteiger partial charge in [-0.3, -0.25) is 0 Å². The van der Waals surface area contributed by atoms with E-state index in [1.165, 1.54) is 6.07 Å². The molecule has 64 valence electrons. The highest BCUT2D eigenvalue weighted by molar-refractivity contribution is 5.40. The maximum absolute atomic E-state index is 12.8. The van der Waals surface area contributed by atoms with Crippen molar-refractivity contribution in [3.05, 3.63) is 35.1 Å². The van der Waals surface area contributed by atoms with Crippen LogP contribution in [0.1, 0.15) is 5.56 Å². The second-order valence-electron chi connectivity index (χ2n) is 2.08. The van der Waals surface area contributed by atoms with Crippen LogP contribution >= 0.6 is 0 Å². The molecule has 0 fully saturated rings. The third-order valence-electron chi connectivity index (χ3n) is 1.29. The van der Waals surface area contributed by atoms with Crippen molar-refractivity contribution in [2.24, 2.45) is 0 Å². The van der Waals surface area contributed by atoms with Gasteiger partial charge in [0.05, 0.1) is 0 Å². The van der Waals surface area contributed by atoms with E-state index < -0.39 is 23.0 Å². The molecule has 1 rings (SSSR count). The van der Waals surface area contributed by atoms with Crippen LogP contribution < -0.4 is 0 Å². The zero-order chi connectivity index (χ0) is 9.84. The van der Waals surface area contributed by atoms with Gasteiger partial charge in [0.25, 0.3) is 0 Å². The van der Waals surface area contributed by atoms with Gasteiger partial charge in [0.15, 0.2) is 17.7 Å². The standard InChI is InChI=1S/C9H2F3N/c10-7-3-4-8(11)9(12)6(7)2-1-5-13/h3-4H. The maximum Gasteiger partial charge on any atom is 0.177 e. The summed E-state index contributed by atoms with van der Waals surface area (Å²) in [5.74, 6) is 0.105. The minimum absolute atomic E-state index is 0.655. The molecule has 1 nitrogen and oxygen atoms in total. The molecular formula is C9H2F3N. The summed E-state index contributed by atoms with van der Waals surface area (Å²) >= 11 is 0. The van der Waals surface area contributed by atoms with Crippen LogP contribution in [-0.2, 0) is 0 Å². The van der Waals surface area contributed by atoms with Crippen molar-refractivity contribution >= 4 is 0 Å². The Kier molecular flexibility index (Phi) is 2.56. The second kappa shape index (κ2) is 3.64. The van der Waals surface area contributed by atoms with Gasteiger partial charge in [0, 0.05) is 5.92 Å². The van der Waals surface area contributed by atoms with Gasteiger partial charge < -0.3 is 0 Å². The molecule has 13 heavy (non-hydrogen) atoms. The Hall–Kier alpha value is -1.94. The number of hydrogen-bond donors (Lipinski definition) is 0. The highest BCUT2D eigenvalue weighted by Gasteiger charge is 2.10. The molecule has 4 heteroatoms. The molecule has 0 bridgehead atoms. The van der Waals surface area contributed by atoms with E-state index in [0.29, 0.717) is 6.07 Å². The van der Waals surface area contributed by atoms with Crippen LogP contribution in [-0.4, -0.2) is 0 Å². The molecule has 0 N–H and O–H groups in total. The molecule has 1 aromatic rings. The average Bonchev–Trinajstić information content (AvgIpc) is 2.12. The van der Waals surface area contributed by atoms with Crippen LogP contribution in [0.3, 0.4) is 0 Å². The van der Waals surface area contributed by atoms with Gasteiger partial charge >= 0.3 is 0 Å². The summed E-state index contributed by atoms with van der Waals surface area (Å²) in [5, 5.41) is 8.02. The van der Waals surface area contributed by atoms with Gasteiger partial charge in [-0.05, 0) is 18.1 Å². The van der Waals surface area contributed by atoms with Gasteiger partial charge in [-0.25, -0.2) is 13.2 Å². The number of benzene rings is 1. The lowest BCUT2D eigenvalue weighted by atomic mass is 10.2. The Morgan fingerprint density at radius 2 is 1.69 bits per heavy atom. The number of nitriles is 1. The lowest BCUT2D eigenvalue weighted by Gasteiger charge is -1.96. The molecule has 0 aliphatic rings. The maximum atomic E-state index is 12.8. The van der Waals surface area contributed by atoms with Crippen LogP contribution in [0.2, 0.25) is 0 Å². The van der Waals surface area contributed by atoms with E-state index in [0.717, 1.165) is 6.07 Å². The Bertz CT molecular complexity index is 435.